The predicted octanol–water partition coefficient (Wildman–Crippen LogP) is 4.04. The summed E-state index contributed by atoms with van der Waals surface area (Å²) >= 11 is 0. The summed E-state index contributed by atoms with van der Waals surface area (Å²) in [6.45, 7) is 7.59. The molecule has 1 aliphatic rings. The number of ether oxygens (including phenoxy) is 1. The Morgan fingerprint density at radius 1 is 1.20 bits per heavy atom. The van der Waals surface area contributed by atoms with Gasteiger partial charge >= 0.3 is 0 Å². The Bertz CT molecular complexity index is 827. The minimum Gasteiger partial charge on any atom is -0.467 e. The van der Waals surface area contributed by atoms with E-state index in [0.717, 1.165) is 37.2 Å². The van der Waals surface area contributed by atoms with E-state index in [4.69, 9.17) is 9.15 Å². The third-order valence-electron chi connectivity index (χ3n) is 5.79. The molecule has 0 radical (unpaired) electrons. The zero-order valence-corrected chi connectivity index (χ0v) is 18.2. The molecule has 0 bridgehead atoms. The van der Waals surface area contributed by atoms with E-state index in [1.165, 1.54) is 0 Å². The summed E-state index contributed by atoms with van der Waals surface area (Å²) in [5.74, 6) is 0.525. The van der Waals surface area contributed by atoms with Crippen molar-refractivity contribution in [3.63, 3.8) is 0 Å². The lowest BCUT2D eigenvalue weighted by molar-refractivity contribution is -0.134. The lowest BCUT2D eigenvalue weighted by atomic mass is 10.1. The molecule has 2 heterocycles. The molecule has 0 N–H and O–H groups in total. The fraction of sp³-hybridized carbons (Fsp3) is 0.500. The molecule has 0 spiro atoms. The van der Waals surface area contributed by atoms with Crippen LogP contribution in [-0.2, 0) is 16.1 Å². The molecule has 2 amide bonds. The van der Waals surface area contributed by atoms with Gasteiger partial charge in [0.05, 0.1) is 18.9 Å². The Kier molecular flexibility index (Phi) is 7.69. The zero-order valence-electron chi connectivity index (χ0n) is 18.2. The number of carbonyl (C=O) groups excluding carboxylic acids is 2. The normalized spacial score (nSPS) is 17.0. The highest BCUT2D eigenvalue weighted by molar-refractivity contribution is 5.97. The highest BCUT2D eigenvalue weighted by Gasteiger charge is 2.29. The number of amides is 2. The molecule has 1 aromatic carbocycles. The van der Waals surface area contributed by atoms with Crippen LogP contribution >= 0.6 is 0 Å². The van der Waals surface area contributed by atoms with Crippen LogP contribution in [0, 0.1) is 6.92 Å². The van der Waals surface area contributed by atoms with E-state index >= 15 is 0 Å². The van der Waals surface area contributed by atoms with Crippen LogP contribution in [0.4, 0.5) is 0 Å². The van der Waals surface area contributed by atoms with Crippen molar-refractivity contribution in [2.45, 2.75) is 58.7 Å². The van der Waals surface area contributed by atoms with Crippen molar-refractivity contribution in [2.75, 3.05) is 19.7 Å². The number of hydrogen-bond donors (Lipinski definition) is 0. The van der Waals surface area contributed by atoms with Gasteiger partial charge in [0.25, 0.3) is 5.91 Å². The number of furan rings is 1. The summed E-state index contributed by atoms with van der Waals surface area (Å²) in [6.07, 6.45) is 4.37. The summed E-state index contributed by atoms with van der Waals surface area (Å²) < 4.78 is 11.2. The van der Waals surface area contributed by atoms with Crippen molar-refractivity contribution in [1.29, 1.82) is 0 Å². The fourth-order valence-electron chi connectivity index (χ4n) is 3.74. The quantitative estimate of drug-likeness (QED) is 0.624. The molecular formula is C24H32N2O4. The third-order valence-corrected chi connectivity index (χ3v) is 5.79. The average Bonchev–Trinajstić information content (AvgIpc) is 3.45. The van der Waals surface area contributed by atoms with Crippen molar-refractivity contribution < 1.29 is 18.7 Å². The molecule has 30 heavy (non-hydrogen) atoms. The third kappa shape index (κ3) is 5.51. The summed E-state index contributed by atoms with van der Waals surface area (Å²) in [5.41, 5.74) is 1.55. The van der Waals surface area contributed by atoms with Crippen LogP contribution in [0.5, 0.6) is 0 Å². The van der Waals surface area contributed by atoms with Gasteiger partial charge in [0.2, 0.25) is 5.91 Å². The van der Waals surface area contributed by atoms with Gasteiger partial charge in [-0.3, -0.25) is 9.59 Å². The van der Waals surface area contributed by atoms with Crippen LogP contribution in [0.1, 0.15) is 54.8 Å². The molecule has 2 atom stereocenters. The van der Waals surface area contributed by atoms with Gasteiger partial charge in [0.15, 0.2) is 0 Å². The number of rotatable bonds is 9. The maximum atomic E-state index is 13.3. The molecule has 1 saturated heterocycles. The Balaban J connectivity index is 1.78. The van der Waals surface area contributed by atoms with Crippen molar-refractivity contribution in [3.8, 4) is 0 Å². The average molecular weight is 413 g/mol. The topological polar surface area (TPSA) is 63.0 Å². The van der Waals surface area contributed by atoms with Crippen LogP contribution in [0.25, 0.3) is 0 Å². The molecule has 1 fully saturated rings. The first-order valence-electron chi connectivity index (χ1n) is 10.8. The van der Waals surface area contributed by atoms with Gasteiger partial charge in [-0.2, -0.15) is 0 Å². The standard InChI is InChI=1S/C24H32N2O4/c1-4-19(3)26(24(28)22-12-6-5-9-18(22)2)17-23(27)25(15-20-10-7-13-29-20)16-21-11-8-14-30-21/h5-7,9-10,12-13,19,21H,4,8,11,14-17H2,1-3H3/t19-,21+/m0/s1. The lowest BCUT2D eigenvalue weighted by Gasteiger charge is -2.32. The van der Waals surface area contributed by atoms with E-state index < -0.39 is 0 Å². The molecule has 0 unspecified atom stereocenters. The second-order valence-electron chi connectivity index (χ2n) is 7.99. The number of aryl methyl sites for hydroxylation is 1. The van der Waals surface area contributed by atoms with Crippen LogP contribution in [-0.4, -0.2) is 53.5 Å². The highest BCUT2D eigenvalue weighted by atomic mass is 16.5. The second kappa shape index (κ2) is 10.4. The van der Waals surface area contributed by atoms with E-state index in [0.29, 0.717) is 18.7 Å². The molecule has 0 saturated carbocycles. The van der Waals surface area contributed by atoms with Crippen LogP contribution in [0.15, 0.2) is 47.1 Å². The summed E-state index contributed by atoms with van der Waals surface area (Å²) in [6, 6.07) is 11.1. The first kappa shape index (κ1) is 22.1. The van der Waals surface area contributed by atoms with Gasteiger partial charge in [-0.05, 0) is 56.9 Å². The first-order chi connectivity index (χ1) is 14.5. The number of hydrogen-bond acceptors (Lipinski definition) is 4. The number of benzene rings is 1. The van der Waals surface area contributed by atoms with Crippen LogP contribution < -0.4 is 0 Å². The van der Waals surface area contributed by atoms with Gasteiger partial charge < -0.3 is 19.0 Å². The van der Waals surface area contributed by atoms with Crippen molar-refractivity contribution >= 4 is 11.8 Å². The van der Waals surface area contributed by atoms with Crippen LogP contribution in [0.3, 0.4) is 0 Å². The Labute approximate surface area is 178 Å². The maximum absolute atomic E-state index is 13.3. The molecule has 0 aliphatic carbocycles. The van der Waals surface area contributed by atoms with Crippen molar-refractivity contribution in [1.82, 2.24) is 9.80 Å². The van der Waals surface area contributed by atoms with E-state index in [9.17, 15) is 9.59 Å². The summed E-state index contributed by atoms with van der Waals surface area (Å²) in [7, 11) is 0. The molecule has 1 aromatic heterocycles. The van der Waals surface area contributed by atoms with E-state index in [-0.39, 0.29) is 30.5 Å². The highest BCUT2D eigenvalue weighted by Crippen LogP contribution is 2.18. The minimum atomic E-state index is -0.106. The van der Waals surface area contributed by atoms with E-state index in [2.05, 4.69) is 0 Å². The number of nitrogens with zero attached hydrogens (tertiary/aromatic N) is 2. The van der Waals surface area contributed by atoms with Gasteiger partial charge in [-0.15, -0.1) is 0 Å². The molecule has 3 rings (SSSR count). The Hall–Kier alpha value is -2.60. The smallest absolute Gasteiger partial charge is 0.254 e. The molecular weight excluding hydrogens is 380 g/mol. The van der Waals surface area contributed by atoms with Gasteiger partial charge in [-0.25, -0.2) is 0 Å². The molecule has 6 heteroatoms. The molecule has 162 valence electrons. The first-order valence-corrected chi connectivity index (χ1v) is 10.8. The van der Waals surface area contributed by atoms with Gasteiger partial charge in [-0.1, -0.05) is 25.1 Å². The Morgan fingerprint density at radius 3 is 2.63 bits per heavy atom. The maximum Gasteiger partial charge on any atom is 0.254 e. The lowest BCUT2D eigenvalue weighted by Crippen LogP contribution is -2.48. The predicted molar refractivity (Wildman–Crippen MR) is 115 cm³/mol. The fourth-order valence-corrected chi connectivity index (χ4v) is 3.74. The van der Waals surface area contributed by atoms with Crippen molar-refractivity contribution in [3.05, 3.63) is 59.5 Å². The summed E-state index contributed by atoms with van der Waals surface area (Å²) in [5, 5.41) is 0. The summed E-state index contributed by atoms with van der Waals surface area (Å²) in [4.78, 5) is 30.1. The molecule has 1 aliphatic heterocycles. The minimum absolute atomic E-state index is 0.0352. The number of carbonyl (C=O) groups is 2. The molecule has 2 aromatic rings. The van der Waals surface area contributed by atoms with Gasteiger partial charge in [0, 0.05) is 24.8 Å². The monoisotopic (exact) mass is 412 g/mol. The second-order valence-corrected chi connectivity index (χ2v) is 7.99. The van der Waals surface area contributed by atoms with Gasteiger partial charge in [0.1, 0.15) is 12.3 Å². The Morgan fingerprint density at radius 2 is 2.00 bits per heavy atom. The van der Waals surface area contributed by atoms with Crippen LogP contribution in [0.2, 0.25) is 0 Å². The molecule has 6 nitrogen and oxygen atoms in total. The van der Waals surface area contributed by atoms with Crippen molar-refractivity contribution in [2.24, 2.45) is 0 Å². The van der Waals surface area contributed by atoms with E-state index in [1.54, 1.807) is 16.1 Å². The SMILES string of the molecule is CC[C@H](C)N(CC(=O)N(Cc1ccco1)C[C@H]1CCCO1)C(=O)c1ccccc1C. The van der Waals surface area contributed by atoms with E-state index in [1.807, 2.05) is 57.2 Å². The largest absolute Gasteiger partial charge is 0.467 e. The zero-order chi connectivity index (χ0) is 21.5.